The molecule has 1 amide bonds. The topological polar surface area (TPSA) is 73.3 Å². The third-order valence-corrected chi connectivity index (χ3v) is 5.63. The van der Waals surface area contributed by atoms with Gasteiger partial charge in [-0.1, -0.05) is 29.4 Å². The van der Waals surface area contributed by atoms with E-state index in [0.29, 0.717) is 40.2 Å². The lowest BCUT2D eigenvalue weighted by molar-refractivity contribution is 0.0933. The van der Waals surface area contributed by atoms with Gasteiger partial charge in [0.1, 0.15) is 17.6 Å². The van der Waals surface area contributed by atoms with Gasteiger partial charge in [0.25, 0.3) is 5.91 Å². The number of nitrogens with zero attached hydrogens (tertiary/aromatic N) is 2. The molecule has 1 aliphatic heterocycles. The van der Waals surface area contributed by atoms with Gasteiger partial charge in [-0.25, -0.2) is 9.97 Å². The van der Waals surface area contributed by atoms with Crippen LogP contribution >= 0.6 is 23.4 Å². The zero-order valence-electron chi connectivity index (χ0n) is 16.5. The molecule has 1 atom stereocenters. The van der Waals surface area contributed by atoms with Crippen LogP contribution in [0, 0.1) is 0 Å². The summed E-state index contributed by atoms with van der Waals surface area (Å²) in [4.78, 5) is 21.2. The molecule has 3 aromatic rings. The van der Waals surface area contributed by atoms with E-state index in [9.17, 15) is 4.79 Å². The first kappa shape index (κ1) is 20.5. The van der Waals surface area contributed by atoms with Crippen LogP contribution in [0.15, 0.2) is 53.8 Å². The second-order valence-electron chi connectivity index (χ2n) is 6.76. The standard InChI is InChI=1S/C22H20ClN3O3S/c1-28-16-5-3-4-13(9-16)21(27)25-12-17-10-15-8-14(11-18(23)20(15)29-17)19-6-7-24-22(26-19)30-2/h3-9,11,17H,10,12H2,1-2H3,(H,25,27)/t17-/m0/s1. The van der Waals surface area contributed by atoms with E-state index in [1.165, 1.54) is 11.8 Å². The lowest BCUT2D eigenvalue weighted by atomic mass is 10.0. The number of thioether (sulfide) groups is 1. The van der Waals surface area contributed by atoms with E-state index in [-0.39, 0.29) is 12.0 Å². The van der Waals surface area contributed by atoms with E-state index < -0.39 is 0 Å². The van der Waals surface area contributed by atoms with Crippen molar-refractivity contribution >= 4 is 29.3 Å². The van der Waals surface area contributed by atoms with Crippen LogP contribution in [0.5, 0.6) is 11.5 Å². The number of ether oxygens (including phenoxy) is 2. The molecular weight excluding hydrogens is 422 g/mol. The largest absolute Gasteiger partial charge is 0.497 e. The van der Waals surface area contributed by atoms with Crippen LogP contribution in [0.1, 0.15) is 15.9 Å². The SMILES string of the molecule is COc1cccc(C(=O)NC[C@@H]2Cc3cc(-c4ccnc(SC)n4)cc(Cl)c3O2)c1. The van der Waals surface area contributed by atoms with Crippen molar-refractivity contribution in [1.29, 1.82) is 0 Å². The van der Waals surface area contributed by atoms with E-state index >= 15 is 0 Å². The van der Waals surface area contributed by atoms with Gasteiger partial charge in [-0.3, -0.25) is 4.79 Å². The molecule has 0 unspecified atom stereocenters. The summed E-state index contributed by atoms with van der Waals surface area (Å²) in [6.45, 7) is 0.376. The van der Waals surface area contributed by atoms with Gasteiger partial charge < -0.3 is 14.8 Å². The minimum atomic E-state index is -0.186. The molecule has 0 saturated heterocycles. The molecule has 0 bridgehead atoms. The van der Waals surface area contributed by atoms with E-state index in [4.69, 9.17) is 21.1 Å². The van der Waals surface area contributed by atoms with Gasteiger partial charge in [-0.2, -0.15) is 0 Å². The maximum atomic E-state index is 12.4. The molecular formula is C22H20ClN3O3S. The van der Waals surface area contributed by atoms with Crippen molar-refractivity contribution in [2.24, 2.45) is 0 Å². The number of amides is 1. The van der Waals surface area contributed by atoms with Crippen molar-refractivity contribution in [2.75, 3.05) is 19.9 Å². The summed E-state index contributed by atoms with van der Waals surface area (Å²) in [6, 6.07) is 12.8. The van der Waals surface area contributed by atoms with Crippen LogP contribution in [0.4, 0.5) is 0 Å². The Bertz CT molecular complexity index is 1090. The number of carbonyl (C=O) groups is 1. The van der Waals surface area contributed by atoms with Crippen LogP contribution in [0.25, 0.3) is 11.3 Å². The molecule has 4 rings (SSSR count). The van der Waals surface area contributed by atoms with Crippen molar-refractivity contribution < 1.29 is 14.3 Å². The predicted molar refractivity (Wildman–Crippen MR) is 118 cm³/mol. The minimum absolute atomic E-state index is 0.175. The summed E-state index contributed by atoms with van der Waals surface area (Å²) in [5.41, 5.74) is 3.27. The Morgan fingerprint density at radius 2 is 2.20 bits per heavy atom. The molecule has 1 aromatic heterocycles. The van der Waals surface area contributed by atoms with Crippen LogP contribution in [0.3, 0.4) is 0 Å². The lowest BCUT2D eigenvalue weighted by Crippen LogP contribution is -2.34. The van der Waals surface area contributed by atoms with E-state index in [1.54, 1.807) is 37.6 Å². The van der Waals surface area contributed by atoms with E-state index in [0.717, 1.165) is 16.8 Å². The quantitative estimate of drug-likeness (QED) is 0.455. The van der Waals surface area contributed by atoms with Crippen molar-refractivity contribution in [2.45, 2.75) is 17.7 Å². The number of hydrogen-bond acceptors (Lipinski definition) is 6. The third-order valence-electron chi connectivity index (χ3n) is 4.79. The normalized spacial score (nSPS) is 14.7. The molecule has 1 aliphatic rings. The fraction of sp³-hybridized carbons (Fsp3) is 0.227. The number of rotatable bonds is 6. The smallest absolute Gasteiger partial charge is 0.251 e. The predicted octanol–water partition coefficient (Wildman–Crippen LogP) is 4.26. The Balaban J connectivity index is 1.45. The molecule has 8 heteroatoms. The molecule has 154 valence electrons. The number of fused-ring (bicyclic) bond motifs is 1. The molecule has 2 heterocycles. The first-order chi connectivity index (χ1) is 14.6. The van der Waals surface area contributed by atoms with Crippen molar-refractivity contribution in [3.05, 3.63) is 64.8 Å². The molecule has 1 N–H and O–H groups in total. The molecule has 30 heavy (non-hydrogen) atoms. The summed E-state index contributed by atoms with van der Waals surface area (Å²) >= 11 is 7.97. The maximum Gasteiger partial charge on any atom is 0.251 e. The summed E-state index contributed by atoms with van der Waals surface area (Å²) in [7, 11) is 1.57. The Kier molecular flexibility index (Phi) is 6.11. The Labute approximate surface area is 184 Å². The zero-order chi connectivity index (χ0) is 21.1. The van der Waals surface area contributed by atoms with Gasteiger partial charge in [-0.05, 0) is 42.7 Å². The van der Waals surface area contributed by atoms with Gasteiger partial charge in [0.05, 0.1) is 24.4 Å². The first-order valence-electron chi connectivity index (χ1n) is 9.36. The van der Waals surface area contributed by atoms with Gasteiger partial charge in [-0.15, -0.1) is 0 Å². The molecule has 0 radical (unpaired) electrons. The third kappa shape index (κ3) is 4.37. The van der Waals surface area contributed by atoms with E-state index in [2.05, 4.69) is 15.3 Å². The summed E-state index contributed by atoms with van der Waals surface area (Å²) in [5.74, 6) is 1.13. The average molecular weight is 442 g/mol. The van der Waals surface area contributed by atoms with Gasteiger partial charge in [0.2, 0.25) is 0 Å². The number of nitrogens with one attached hydrogen (secondary N) is 1. The van der Waals surface area contributed by atoms with Crippen molar-refractivity contribution in [3.63, 3.8) is 0 Å². The van der Waals surface area contributed by atoms with Gasteiger partial charge in [0.15, 0.2) is 5.16 Å². The number of benzene rings is 2. The monoisotopic (exact) mass is 441 g/mol. The lowest BCUT2D eigenvalue weighted by Gasteiger charge is -2.12. The average Bonchev–Trinajstić information content (AvgIpc) is 3.21. The molecule has 0 saturated carbocycles. The van der Waals surface area contributed by atoms with Crippen LogP contribution in [-0.2, 0) is 6.42 Å². The Hall–Kier alpha value is -2.77. The molecule has 2 aromatic carbocycles. The highest BCUT2D eigenvalue weighted by Crippen LogP contribution is 2.39. The first-order valence-corrected chi connectivity index (χ1v) is 11.0. The second kappa shape index (κ2) is 8.93. The summed E-state index contributed by atoms with van der Waals surface area (Å²) in [6.07, 6.45) is 4.15. The Morgan fingerprint density at radius 3 is 3.00 bits per heavy atom. The molecule has 0 aliphatic carbocycles. The minimum Gasteiger partial charge on any atom is -0.497 e. The highest BCUT2D eigenvalue weighted by atomic mass is 35.5. The fourth-order valence-electron chi connectivity index (χ4n) is 3.32. The van der Waals surface area contributed by atoms with Crippen LogP contribution < -0.4 is 14.8 Å². The van der Waals surface area contributed by atoms with E-state index in [1.807, 2.05) is 24.5 Å². The van der Waals surface area contributed by atoms with Gasteiger partial charge >= 0.3 is 0 Å². The zero-order valence-corrected chi connectivity index (χ0v) is 18.1. The number of aromatic nitrogens is 2. The fourth-order valence-corrected chi connectivity index (χ4v) is 3.96. The summed E-state index contributed by atoms with van der Waals surface area (Å²) in [5, 5.41) is 4.16. The number of carbonyl (C=O) groups excluding carboxylic acids is 1. The van der Waals surface area contributed by atoms with Crippen LogP contribution in [0.2, 0.25) is 5.02 Å². The van der Waals surface area contributed by atoms with Crippen molar-refractivity contribution in [1.82, 2.24) is 15.3 Å². The number of hydrogen-bond donors (Lipinski definition) is 1. The summed E-state index contributed by atoms with van der Waals surface area (Å²) < 4.78 is 11.2. The second-order valence-corrected chi connectivity index (χ2v) is 7.94. The Morgan fingerprint density at radius 1 is 1.33 bits per heavy atom. The van der Waals surface area contributed by atoms with Crippen LogP contribution in [-0.4, -0.2) is 41.9 Å². The molecule has 6 nitrogen and oxygen atoms in total. The van der Waals surface area contributed by atoms with Crippen molar-refractivity contribution in [3.8, 4) is 22.8 Å². The highest BCUT2D eigenvalue weighted by molar-refractivity contribution is 7.98. The molecule has 0 spiro atoms. The molecule has 0 fully saturated rings. The highest BCUT2D eigenvalue weighted by Gasteiger charge is 2.27. The number of halogens is 1. The van der Waals surface area contributed by atoms with Gasteiger partial charge in [0, 0.05) is 29.3 Å². The maximum absolute atomic E-state index is 12.4. The number of methoxy groups -OCH3 is 1.